The van der Waals surface area contributed by atoms with Gasteiger partial charge in [-0.1, -0.05) is 12.1 Å². The molecule has 6 nitrogen and oxygen atoms in total. The van der Waals surface area contributed by atoms with Crippen molar-refractivity contribution in [3.05, 3.63) is 29.3 Å². The summed E-state index contributed by atoms with van der Waals surface area (Å²) in [6.45, 7) is 3.57. The van der Waals surface area contributed by atoms with Crippen LogP contribution in [0.25, 0.3) is 0 Å². The van der Waals surface area contributed by atoms with Gasteiger partial charge in [0, 0.05) is 14.1 Å². The Morgan fingerprint density at radius 1 is 1.18 bits per heavy atom. The summed E-state index contributed by atoms with van der Waals surface area (Å²) in [5.74, 6) is -0.0976. The van der Waals surface area contributed by atoms with Crippen LogP contribution in [0.1, 0.15) is 17.5 Å². The Hall–Kier alpha value is -0.960. The Morgan fingerprint density at radius 2 is 1.82 bits per heavy atom. The molecule has 0 saturated carbocycles. The molecule has 0 N–H and O–H groups in total. The lowest BCUT2D eigenvalue weighted by Gasteiger charge is -2.33. The maximum absolute atomic E-state index is 13.0. The molecule has 0 spiro atoms. The van der Waals surface area contributed by atoms with Crippen LogP contribution in [-0.2, 0) is 19.9 Å². The van der Waals surface area contributed by atoms with Crippen molar-refractivity contribution in [2.75, 3.05) is 25.6 Å². The number of hydrogen-bond donors (Lipinski definition) is 0. The highest BCUT2D eigenvalue weighted by atomic mass is 32.2. The second-order valence-corrected chi connectivity index (χ2v) is 9.94. The quantitative estimate of drug-likeness (QED) is 0.759. The fourth-order valence-corrected chi connectivity index (χ4v) is 6.57. The maximum Gasteiger partial charge on any atom is 0.256 e. The lowest BCUT2D eigenvalue weighted by atomic mass is 10.2. The van der Waals surface area contributed by atoms with E-state index < -0.39 is 25.9 Å². The molecular weight excluding hydrogens is 324 g/mol. The number of aryl methyl sites for hydroxylation is 2. The molecule has 1 aliphatic heterocycles. The molecule has 8 heteroatoms. The zero-order valence-corrected chi connectivity index (χ0v) is 14.9. The second-order valence-electron chi connectivity index (χ2n) is 5.95. The number of nitrogens with zero attached hydrogens (tertiary/aromatic N) is 2. The molecular formula is C14H22N2O4S2. The number of hydrogen-bond acceptors (Lipinski definition) is 5. The highest BCUT2D eigenvalue weighted by Crippen LogP contribution is 2.27. The minimum atomic E-state index is -3.79. The first-order valence-electron chi connectivity index (χ1n) is 7.04. The van der Waals surface area contributed by atoms with E-state index in [1.165, 1.54) is 9.42 Å². The van der Waals surface area contributed by atoms with Gasteiger partial charge in [0.1, 0.15) is 0 Å². The van der Waals surface area contributed by atoms with Gasteiger partial charge < -0.3 is 0 Å². The van der Waals surface area contributed by atoms with Crippen LogP contribution in [0.3, 0.4) is 0 Å². The van der Waals surface area contributed by atoms with Crippen molar-refractivity contribution >= 4 is 19.9 Å². The van der Waals surface area contributed by atoms with Crippen LogP contribution in [-0.4, -0.2) is 57.9 Å². The van der Waals surface area contributed by atoms with Crippen molar-refractivity contribution in [3.8, 4) is 0 Å². The molecule has 0 aliphatic carbocycles. The van der Waals surface area contributed by atoms with Gasteiger partial charge in [0.25, 0.3) is 10.0 Å². The van der Waals surface area contributed by atoms with E-state index in [2.05, 4.69) is 0 Å². The topological polar surface area (TPSA) is 74.8 Å². The molecule has 1 aromatic carbocycles. The summed E-state index contributed by atoms with van der Waals surface area (Å²) in [5, 5.41) is 1.46. The number of rotatable bonds is 4. The van der Waals surface area contributed by atoms with Crippen LogP contribution < -0.4 is 0 Å². The van der Waals surface area contributed by atoms with Crippen molar-refractivity contribution < 1.29 is 16.8 Å². The molecule has 0 amide bonds. The predicted octanol–water partition coefficient (Wildman–Crippen LogP) is 0.958. The molecule has 1 saturated heterocycles. The first-order valence-corrected chi connectivity index (χ1v) is 10.3. The minimum Gasteiger partial charge on any atom is -0.234 e. The Labute approximate surface area is 132 Å². The van der Waals surface area contributed by atoms with Crippen LogP contribution in [0, 0.1) is 13.8 Å². The summed E-state index contributed by atoms with van der Waals surface area (Å²) in [6.07, 6.45) is 0.324. The van der Waals surface area contributed by atoms with E-state index >= 15 is 0 Å². The molecule has 0 bridgehead atoms. The van der Waals surface area contributed by atoms with Crippen LogP contribution in [0.2, 0.25) is 0 Å². The Kier molecular flexibility index (Phi) is 4.68. The highest BCUT2D eigenvalue weighted by Gasteiger charge is 2.40. The number of sulfone groups is 1. The van der Waals surface area contributed by atoms with E-state index in [0.717, 1.165) is 5.56 Å². The van der Waals surface area contributed by atoms with Gasteiger partial charge in [0.05, 0.1) is 22.4 Å². The zero-order valence-electron chi connectivity index (χ0n) is 13.3. The van der Waals surface area contributed by atoms with Crippen LogP contribution in [0.5, 0.6) is 0 Å². The summed E-state index contributed by atoms with van der Waals surface area (Å²) in [7, 11) is -3.72. The van der Waals surface area contributed by atoms with Gasteiger partial charge in [0.15, 0.2) is 9.84 Å². The standard InChI is InChI=1S/C14H22N2O4S2/c1-11-5-6-12(2)14(9-11)22(19,20)16(15(3)4)13-7-8-21(17,18)10-13/h5-6,9,13H,7-8,10H2,1-4H3/t13-/m0/s1. The van der Waals surface area contributed by atoms with Crippen LogP contribution in [0.15, 0.2) is 23.1 Å². The Morgan fingerprint density at radius 3 is 2.32 bits per heavy atom. The van der Waals surface area contributed by atoms with Crippen molar-refractivity contribution in [1.29, 1.82) is 0 Å². The first kappa shape index (κ1) is 17.4. The minimum absolute atomic E-state index is 0.0321. The van der Waals surface area contributed by atoms with Gasteiger partial charge in [-0.3, -0.25) is 0 Å². The number of sulfonamides is 1. The fourth-order valence-electron chi connectivity index (χ4n) is 2.77. The summed E-state index contributed by atoms with van der Waals surface area (Å²) in [5.41, 5.74) is 1.50. The molecule has 1 aromatic rings. The van der Waals surface area contributed by atoms with Gasteiger partial charge in [-0.15, -0.1) is 4.41 Å². The summed E-state index contributed by atoms with van der Waals surface area (Å²) < 4.78 is 50.7. The molecule has 124 valence electrons. The van der Waals surface area contributed by atoms with Crippen LogP contribution in [0.4, 0.5) is 0 Å². The third-order valence-corrected chi connectivity index (χ3v) is 7.65. The molecule has 1 heterocycles. The van der Waals surface area contributed by atoms with Crippen molar-refractivity contribution in [3.63, 3.8) is 0 Å². The van der Waals surface area contributed by atoms with E-state index in [-0.39, 0.29) is 16.4 Å². The van der Waals surface area contributed by atoms with Crippen molar-refractivity contribution in [1.82, 2.24) is 9.42 Å². The Balaban J connectivity index is 2.50. The molecule has 1 aliphatic rings. The molecule has 2 rings (SSSR count). The first-order chi connectivity index (χ1) is 10.0. The monoisotopic (exact) mass is 346 g/mol. The average Bonchev–Trinajstić information content (AvgIpc) is 2.71. The normalized spacial score (nSPS) is 21.6. The van der Waals surface area contributed by atoms with E-state index in [1.807, 2.05) is 13.0 Å². The third kappa shape index (κ3) is 3.34. The highest BCUT2D eigenvalue weighted by molar-refractivity contribution is 7.92. The summed E-state index contributed by atoms with van der Waals surface area (Å²) >= 11 is 0. The zero-order chi connectivity index (χ0) is 16.7. The Bertz CT molecular complexity index is 770. The molecule has 1 atom stereocenters. The lowest BCUT2D eigenvalue weighted by molar-refractivity contribution is 0.0893. The maximum atomic E-state index is 13.0. The molecule has 0 unspecified atom stereocenters. The summed E-state index contributed by atoms with van der Waals surface area (Å²) in [6, 6.07) is 4.70. The number of benzene rings is 1. The van der Waals surface area contributed by atoms with E-state index in [0.29, 0.717) is 12.0 Å². The molecule has 22 heavy (non-hydrogen) atoms. The van der Waals surface area contributed by atoms with E-state index in [1.54, 1.807) is 33.2 Å². The van der Waals surface area contributed by atoms with Gasteiger partial charge >= 0.3 is 0 Å². The largest absolute Gasteiger partial charge is 0.256 e. The van der Waals surface area contributed by atoms with Crippen molar-refractivity contribution in [2.24, 2.45) is 0 Å². The third-order valence-electron chi connectivity index (χ3n) is 3.78. The smallest absolute Gasteiger partial charge is 0.234 e. The van der Waals surface area contributed by atoms with Gasteiger partial charge in [-0.05, 0) is 37.5 Å². The molecule has 1 fully saturated rings. The van der Waals surface area contributed by atoms with Gasteiger partial charge in [-0.25, -0.2) is 21.8 Å². The van der Waals surface area contributed by atoms with Crippen LogP contribution >= 0.6 is 0 Å². The SMILES string of the molecule is Cc1ccc(C)c(S(=O)(=O)N([C@H]2CCS(=O)(=O)C2)N(C)C)c1. The number of hydrazine groups is 1. The van der Waals surface area contributed by atoms with Gasteiger partial charge in [-0.2, -0.15) is 0 Å². The second kappa shape index (κ2) is 5.92. The van der Waals surface area contributed by atoms with E-state index in [4.69, 9.17) is 0 Å². The van der Waals surface area contributed by atoms with Gasteiger partial charge in [0.2, 0.25) is 0 Å². The molecule has 0 aromatic heterocycles. The predicted molar refractivity (Wildman–Crippen MR) is 85.7 cm³/mol. The average molecular weight is 346 g/mol. The lowest BCUT2D eigenvalue weighted by Crippen LogP contribution is -2.49. The van der Waals surface area contributed by atoms with E-state index in [9.17, 15) is 16.8 Å². The fraction of sp³-hybridized carbons (Fsp3) is 0.571. The van der Waals surface area contributed by atoms with Crippen molar-refractivity contribution in [2.45, 2.75) is 31.2 Å². The molecule has 0 radical (unpaired) electrons. The summed E-state index contributed by atoms with van der Waals surface area (Å²) in [4.78, 5) is 0.227.